The van der Waals surface area contributed by atoms with Gasteiger partial charge in [-0.15, -0.1) is 0 Å². The highest BCUT2D eigenvalue weighted by atomic mass is 16.6. The number of carboxylic acids is 1. The molecule has 8 nitrogen and oxygen atoms in total. The van der Waals surface area contributed by atoms with Crippen molar-refractivity contribution >= 4 is 18.2 Å². The zero-order valence-electron chi connectivity index (χ0n) is 12.5. The molecule has 1 saturated carbocycles. The predicted molar refractivity (Wildman–Crippen MR) is 70.5 cm³/mol. The highest BCUT2D eigenvalue weighted by Crippen LogP contribution is 2.49. The fourth-order valence-corrected chi connectivity index (χ4v) is 2.90. The highest BCUT2D eigenvalue weighted by molar-refractivity contribution is 5.86. The maximum Gasteiger partial charge on any atom is 0.429 e. The van der Waals surface area contributed by atoms with Crippen molar-refractivity contribution in [1.29, 1.82) is 0 Å². The normalized spacial score (nSPS) is 31.4. The Morgan fingerprint density at radius 2 is 1.71 bits per heavy atom. The highest BCUT2D eigenvalue weighted by Gasteiger charge is 2.64. The van der Waals surface area contributed by atoms with E-state index < -0.39 is 29.3 Å². The van der Waals surface area contributed by atoms with E-state index in [1.165, 1.54) is 6.92 Å². The predicted octanol–water partition coefficient (Wildman–Crippen LogP) is 1.75. The summed E-state index contributed by atoms with van der Waals surface area (Å²) < 4.78 is 5.21. The Balaban J connectivity index is 2.37. The number of hydrogen-bond donors (Lipinski definition) is 2. The Kier molecular flexibility index (Phi) is 3.30. The standard InChI is InChI=1S/C13H20N2O6/c1-12(2,3)21-11(20)14-8-5-7(6-8)13(4,9(16)17)15(14)10(18)19/h7-8H,5-6H2,1-4H3,(H,16,17)(H,18,19). The first-order valence-corrected chi connectivity index (χ1v) is 6.77. The number of carbonyl (C=O) groups is 3. The average molecular weight is 300 g/mol. The van der Waals surface area contributed by atoms with Crippen molar-refractivity contribution in [3.63, 3.8) is 0 Å². The second-order valence-corrected chi connectivity index (χ2v) is 6.69. The minimum Gasteiger partial charge on any atom is -0.479 e. The first-order chi connectivity index (χ1) is 9.48. The molecule has 3 fully saturated rings. The summed E-state index contributed by atoms with van der Waals surface area (Å²) in [4.78, 5) is 35.4. The van der Waals surface area contributed by atoms with Crippen LogP contribution >= 0.6 is 0 Å². The molecule has 1 unspecified atom stereocenters. The summed E-state index contributed by atoms with van der Waals surface area (Å²) in [5.74, 6) is -1.56. The van der Waals surface area contributed by atoms with Crippen LogP contribution in [0.25, 0.3) is 0 Å². The summed E-state index contributed by atoms with van der Waals surface area (Å²) in [6.07, 6.45) is -1.38. The third kappa shape index (κ3) is 2.28. The number of aliphatic carboxylic acids is 1. The van der Waals surface area contributed by atoms with Crippen LogP contribution in [0.1, 0.15) is 40.5 Å². The van der Waals surface area contributed by atoms with Gasteiger partial charge in [-0.1, -0.05) is 0 Å². The number of rotatable bonds is 1. The van der Waals surface area contributed by atoms with Gasteiger partial charge in [0.05, 0.1) is 6.04 Å². The summed E-state index contributed by atoms with van der Waals surface area (Å²) in [7, 11) is 0. The van der Waals surface area contributed by atoms with Gasteiger partial charge >= 0.3 is 18.2 Å². The Hall–Kier alpha value is -1.99. The quantitative estimate of drug-likeness (QED) is 0.764. The molecule has 2 amide bonds. The number of ether oxygens (including phenoxy) is 1. The molecule has 2 aliphatic heterocycles. The second kappa shape index (κ2) is 4.51. The van der Waals surface area contributed by atoms with Crippen LogP contribution in [0.3, 0.4) is 0 Å². The van der Waals surface area contributed by atoms with Gasteiger partial charge in [0.25, 0.3) is 0 Å². The molecule has 2 saturated heterocycles. The molecule has 3 aliphatic rings. The van der Waals surface area contributed by atoms with Crippen LogP contribution in [0.15, 0.2) is 0 Å². The van der Waals surface area contributed by atoms with Gasteiger partial charge in [0.1, 0.15) is 5.60 Å². The Bertz CT molecular complexity index is 493. The van der Waals surface area contributed by atoms with E-state index >= 15 is 0 Å². The lowest BCUT2D eigenvalue weighted by molar-refractivity contribution is -0.216. The molecule has 1 aliphatic carbocycles. The molecule has 118 valence electrons. The molecule has 21 heavy (non-hydrogen) atoms. The van der Waals surface area contributed by atoms with Crippen LogP contribution in [0, 0.1) is 5.92 Å². The molecule has 2 heterocycles. The lowest BCUT2D eigenvalue weighted by Gasteiger charge is -2.60. The van der Waals surface area contributed by atoms with Gasteiger partial charge in [-0.05, 0) is 46.5 Å². The van der Waals surface area contributed by atoms with Gasteiger partial charge in [-0.3, -0.25) is 0 Å². The third-order valence-corrected chi connectivity index (χ3v) is 4.10. The molecule has 3 rings (SSSR count). The maximum absolute atomic E-state index is 12.3. The molecule has 2 bridgehead atoms. The van der Waals surface area contributed by atoms with E-state index in [4.69, 9.17) is 4.74 Å². The minimum absolute atomic E-state index is 0.296. The smallest absolute Gasteiger partial charge is 0.429 e. The molecule has 1 atom stereocenters. The van der Waals surface area contributed by atoms with Crippen LogP contribution in [0.4, 0.5) is 9.59 Å². The van der Waals surface area contributed by atoms with Crippen LogP contribution < -0.4 is 0 Å². The van der Waals surface area contributed by atoms with E-state index in [0.29, 0.717) is 17.9 Å². The van der Waals surface area contributed by atoms with Gasteiger partial charge in [-0.25, -0.2) is 19.4 Å². The number of carboxylic acid groups (broad SMARTS) is 2. The monoisotopic (exact) mass is 300 g/mol. The molecule has 2 N–H and O–H groups in total. The number of carbonyl (C=O) groups excluding carboxylic acids is 1. The van der Waals surface area contributed by atoms with Crippen LogP contribution in [-0.2, 0) is 9.53 Å². The number of fused-ring (bicyclic) bond motifs is 2. The molecular weight excluding hydrogens is 280 g/mol. The van der Waals surface area contributed by atoms with Gasteiger partial charge in [-0.2, -0.15) is 5.01 Å². The van der Waals surface area contributed by atoms with Crippen LogP contribution in [0.5, 0.6) is 0 Å². The lowest BCUT2D eigenvalue weighted by atomic mass is 9.65. The number of hydrogen-bond acceptors (Lipinski definition) is 4. The number of hydrazine groups is 1. The third-order valence-electron chi connectivity index (χ3n) is 4.10. The van der Waals surface area contributed by atoms with Crippen molar-refractivity contribution in [3.8, 4) is 0 Å². The van der Waals surface area contributed by atoms with Crippen molar-refractivity contribution in [3.05, 3.63) is 0 Å². The van der Waals surface area contributed by atoms with Crippen molar-refractivity contribution in [2.45, 2.75) is 57.7 Å². The van der Waals surface area contributed by atoms with Gasteiger partial charge in [0.2, 0.25) is 0 Å². The van der Waals surface area contributed by atoms with Gasteiger partial charge in [0.15, 0.2) is 5.54 Å². The van der Waals surface area contributed by atoms with E-state index in [1.54, 1.807) is 20.8 Å². The Morgan fingerprint density at radius 3 is 2.10 bits per heavy atom. The molecule has 0 radical (unpaired) electrons. The molecular formula is C13H20N2O6. The van der Waals surface area contributed by atoms with Gasteiger partial charge in [0, 0.05) is 0 Å². The summed E-state index contributed by atoms with van der Waals surface area (Å²) in [6, 6.07) is -0.326. The Labute approximate surface area is 122 Å². The lowest BCUT2D eigenvalue weighted by Crippen LogP contribution is -2.77. The fourth-order valence-electron chi connectivity index (χ4n) is 2.90. The van der Waals surface area contributed by atoms with E-state index in [-0.39, 0.29) is 12.0 Å². The molecule has 0 aromatic heterocycles. The molecule has 0 aromatic carbocycles. The zero-order valence-corrected chi connectivity index (χ0v) is 12.5. The molecule has 8 heteroatoms. The largest absolute Gasteiger partial charge is 0.479 e. The summed E-state index contributed by atoms with van der Waals surface area (Å²) in [5.41, 5.74) is -2.45. The number of nitrogens with zero attached hydrogens (tertiary/aromatic N) is 2. The van der Waals surface area contributed by atoms with Crippen molar-refractivity contribution in [2.75, 3.05) is 0 Å². The van der Waals surface area contributed by atoms with E-state index in [1.807, 2.05) is 0 Å². The van der Waals surface area contributed by atoms with E-state index in [2.05, 4.69) is 0 Å². The zero-order chi connectivity index (χ0) is 16.2. The van der Waals surface area contributed by atoms with Crippen molar-refractivity contribution in [1.82, 2.24) is 10.0 Å². The van der Waals surface area contributed by atoms with Crippen molar-refractivity contribution in [2.24, 2.45) is 5.92 Å². The van der Waals surface area contributed by atoms with E-state index in [9.17, 15) is 24.6 Å². The number of amides is 2. The molecule has 0 spiro atoms. The van der Waals surface area contributed by atoms with Gasteiger partial charge < -0.3 is 14.9 Å². The first kappa shape index (κ1) is 15.4. The van der Waals surface area contributed by atoms with Crippen LogP contribution in [0.2, 0.25) is 0 Å². The Morgan fingerprint density at radius 1 is 1.19 bits per heavy atom. The molecule has 0 aromatic rings. The average Bonchev–Trinajstić information content (AvgIpc) is 2.22. The van der Waals surface area contributed by atoms with E-state index in [0.717, 1.165) is 5.01 Å². The maximum atomic E-state index is 12.3. The first-order valence-electron chi connectivity index (χ1n) is 6.77. The summed E-state index contributed by atoms with van der Waals surface area (Å²) in [6.45, 7) is 6.33. The SMILES string of the molecule is CC(C)(C)OC(=O)N1C2CC(C2)C(C)(C(=O)O)N1C(=O)O. The topological polar surface area (TPSA) is 107 Å². The summed E-state index contributed by atoms with van der Waals surface area (Å²) in [5, 5.41) is 20.4. The van der Waals surface area contributed by atoms with Crippen molar-refractivity contribution < 1.29 is 29.3 Å². The summed E-state index contributed by atoms with van der Waals surface area (Å²) >= 11 is 0. The van der Waals surface area contributed by atoms with Crippen LogP contribution in [-0.4, -0.2) is 55.6 Å². The minimum atomic E-state index is -1.66. The fraction of sp³-hybridized carbons (Fsp3) is 0.769. The second-order valence-electron chi connectivity index (χ2n) is 6.69.